The summed E-state index contributed by atoms with van der Waals surface area (Å²) in [6.45, 7) is 0. The predicted octanol–water partition coefficient (Wildman–Crippen LogP) is 0.124. The highest BCUT2D eigenvalue weighted by atomic mass is 35.5. The van der Waals surface area contributed by atoms with Gasteiger partial charge in [0.1, 0.15) is 5.03 Å². The number of hydrogen-bond donors (Lipinski definition) is 2. The second-order valence-electron chi connectivity index (χ2n) is 1.54. The minimum atomic E-state index is -1.12. The van der Waals surface area contributed by atoms with Crippen molar-refractivity contribution in [3.8, 4) is 0 Å². The molecule has 50 valence electrons. The Balaban J connectivity index is 2.92. The van der Waals surface area contributed by atoms with Gasteiger partial charge in [-0.3, -0.25) is 4.79 Å². The highest BCUT2D eigenvalue weighted by molar-refractivity contribution is 6.49. The summed E-state index contributed by atoms with van der Waals surface area (Å²) in [5.74, 6) is -0.533. The molecule has 1 heterocycles. The van der Waals surface area contributed by atoms with Gasteiger partial charge >= 0.3 is 0 Å². The second-order valence-corrected chi connectivity index (χ2v) is 2.32. The van der Waals surface area contributed by atoms with Gasteiger partial charge in [0.25, 0.3) is 5.91 Å². The van der Waals surface area contributed by atoms with E-state index in [1.54, 1.807) is 0 Å². The molecule has 0 aromatic rings. The molecular formula is C4H3Cl2NO2. The topological polar surface area (TPSA) is 49.3 Å². The summed E-state index contributed by atoms with van der Waals surface area (Å²) in [5, 5.41) is 10.7. The van der Waals surface area contributed by atoms with Crippen molar-refractivity contribution in [1.29, 1.82) is 0 Å². The fourth-order valence-electron chi connectivity index (χ4n) is 0.479. The van der Waals surface area contributed by atoms with E-state index in [9.17, 15) is 4.79 Å². The van der Waals surface area contributed by atoms with Gasteiger partial charge in [0.15, 0.2) is 6.23 Å². The number of aliphatic hydroxyl groups is 1. The monoisotopic (exact) mass is 167 g/mol. The van der Waals surface area contributed by atoms with Gasteiger partial charge in [-0.2, -0.15) is 0 Å². The Morgan fingerprint density at radius 1 is 1.56 bits per heavy atom. The van der Waals surface area contributed by atoms with Crippen LogP contribution in [0.2, 0.25) is 0 Å². The number of rotatable bonds is 0. The summed E-state index contributed by atoms with van der Waals surface area (Å²) in [4.78, 5) is 10.4. The van der Waals surface area contributed by atoms with Gasteiger partial charge in [-0.1, -0.05) is 23.2 Å². The Morgan fingerprint density at radius 3 is 2.22 bits per heavy atom. The first-order valence-electron chi connectivity index (χ1n) is 2.17. The number of carbonyl (C=O) groups is 1. The number of nitrogens with one attached hydrogen (secondary N) is 1. The lowest BCUT2D eigenvalue weighted by atomic mass is 10.5. The van der Waals surface area contributed by atoms with Crippen molar-refractivity contribution < 1.29 is 9.90 Å². The third-order valence-corrected chi connectivity index (χ3v) is 1.78. The number of amides is 1. The average Bonchev–Trinajstić information content (AvgIpc) is 1.98. The third-order valence-electron chi connectivity index (χ3n) is 0.917. The van der Waals surface area contributed by atoms with E-state index in [1.807, 2.05) is 0 Å². The molecule has 0 bridgehead atoms. The van der Waals surface area contributed by atoms with Crippen LogP contribution in [0.4, 0.5) is 0 Å². The summed E-state index contributed by atoms with van der Waals surface area (Å²) in [5.41, 5.74) is 0. The first-order valence-corrected chi connectivity index (χ1v) is 2.92. The van der Waals surface area contributed by atoms with E-state index < -0.39 is 12.1 Å². The van der Waals surface area contributed by atoms with E-state index in [4.69, 9.17) is 28.3 Å². The lowest BCUT2D eigenvalue weighted by Gasteiger charge is -1.98. The van der Waals surface area contributed by atoms with Crippen LogP contribution in [0.3, 0.4) is 0 Å². The predicted molar refractivity (Wildman–Crippen MR) is 32.9 cm³/mol. The van der Waals surface area contributed by atoms with E-state index >= 15 is 0 Å². The van der Waals surface area contributed by atoms with Gasteiger partial charge in [0, 0.05) is 0 Å². The van der Waals surface area contributed by atoms with Crippen molar-refractivity contribution in [1.82, 2.24) is 5.32 Å². The molecule has 3 nitrogen and oxygen atoms in total. The fourth-order valence-corrected chi connectivity index (χ4v) is 0.778. The summed E-state index contributed by atoms with van der Waals surface area (Å²) in [6, 6.07) is 0. The third kappa shape index (κ3) is 1.03. The molecule has 0 aromatic heterocycles. The molecule has 0 fully saturated rings. The van der Waals surface area contributed by atoms with Crippen molar-refractivity contribution in [3.63, 3.8) is 0 Å². The quantitative estimate of drug-likeness (QED) is 0.539. The van der Waals surface area contributed by atoms with Crippen LogP contribution in [0.1, 0.15) is 0 Å². The van der Waals surface area contributed by atoms with Crippen molar-refractivity contribution in [2.45, 2.75) is 6.23 Å². The smallest absolute Gasteiger partial charge is 0.266 e. The van der Waals surface area contributed by atoms with Crippen molar-refractivity contribution in [2.24, 2.45) is 0 Å². The van der Waals surface area contributed by atoms with Gasteiger partial charge < -0.3 is 10.4 Å². The molecule has 1 rings (SSSR count). The summed E-state index contributed by atoms with van der Waals surface area (Å²) in [6.07, 6.45) is -1.12. The van der Waals surface area contributed by atoms with Gasteiger partial charge in [0.2, 0.25) is 0 Å². The van der Waals surface area contributed by atoms with E-state index in [-0.39, 0.29) is 10.1 Å². The van der Waals surface area contributed by atoms with Crippen LogP contribution in [0.25, 0.3) is 0 Å². The lowest BCUT2D eigenvalue weighted by Crippen LogP contribution is -2.27. The number of hydrogen-bond acceptors (Lipinski definition) is 2. The van der Waals surface area contributed by atoms with Gasteiger partial charge in [-0.05, 0) is 0 Å². The van der Waals surface area contributed by atoms with E-state index in [1.165, 1.54) is 0 Å². The normalized spacial score (nSPS) is 27.0. The largest absolute Gasteiger partial charge is 0.368 e. The van der Waals surface area contributed by atoms with Crippen LogP contribution in [-0.2, 0) is 4.79 Å². The highest BCUT2D eigenvalue weighted by Gasteiger charge is 2.27. The Hall–Kier alpha value is -0.250. The van der Waals surface area contributed by atoms with E-state index in [0.29, 0.717) is 0 Å². The van der Waals surface area contributed by atoms with Crippen molar-refractivity contribution >= 4 is 29.1 Å². The Labute approximate surface area is 61.3 Å². The van der Waals surface area contributed by atoms with Crippen LogP contribution in [0, 0.1) is 0 Å². The molecule has 1 aliphatic rings. The molecule has 9 heavy (non-hydrogen) atoms. The maximum atomic E-state index is 10.4. The summed E-state index contributed by atoms with van der Waals surface area (Å²) in [7, 11) is 0. The molecule has 0 unspecified atom stereocenters. The van der Waals surface area contributed by atoms with Crippen LogP contribution in [0.15, 0.2) is 10.1 Å². The van der Waals surface area contributed by atoms with Crippen LogP contribution in [-0.4, -0.2) is 17.2 Å². The molecule has 0 aromatic carbocycles. The van der Waals surface area contributed by atoms with Crippen LogP contribution in [0.5, 0.6) is 0 Å². The van der Waals surface area contributed by atoms with E-state index in [0.717, 1.165) is 0 Å². The number of aliphatic hydroxyl groups excluding tert-OH is 1. The zero-order chi connectivity index (χ0) is 7.02. The molecule has 0 aliphatic carbocycles. The summed E-state index contributed by atoms with van der Waals surface area (Å²) >= 11 is 10.6. The van der Waals surface area contributed by atoms with Gasteiger partial charge in [0.05, 0.1) is 5.03 Å². The average molecular weight is 168 g/mol. The zero-order valence-corrected chi connectivity index (χ0v) is 5.70. The van der Waals surface area contributed by atoms with Crippen LogP contribution >= 0.6 is 23.2 Å². The first-order chi connectivity index (χ1) is 4.13. The molecule has 0 spiro atoms. The standard InChI is InChI=1S/C4H3Cl2NO2/c5-1-2(6)4(9)7-3(1)8/h3,8H,(H,7,9)/t3-/m1/s1. The van der Waals surface area contributed by atoms with Crippen LogP contribution < -0.4 is 5.32 Å². The lowest BCUT2D eigenvalue weighted by molar-refractivity contribution is -0.117. The molecule has 0 saturated carbocycles. The first kappa shape index (κ1) is 6.86. The maximum absolute atomic E-state index is 10.4. The van der Waals surface area contributed by atoms with Crippen molar-refractivity contribution in [3.05, 3.63) is 10.1 Å². The maximum Gasteiger partial charge on any atom is 0.266 e. The fraction of sp³-hybridized carbons (Fsp3) is 0.250. The molecule has 0 radical (unpaired) electrons. The van der Waals surface area contributed by atoms with Crippen molar-refractivity contribution in [2.75, 3.05) is 0 Å². The SMILES string of the molecule is O=C1N[C@H](O)C(Cl)=C1Cl. The minimum absolute atomic E-state index is 0.0401. The zero-order valence-electron chi connectivity index (χ0n) is 4.19. The minimum Gasteiger partial charge on any atom is -0.368 e. The number of carbonyl (C=O) groups excluding carboxylic acids is 1. The molecule has 1 aliphatic heterocycles. The highest BCUT2D eigenvalue weighted by Crippen LogP contribution is 2.21. The molecule has 2 N–H and O–H groups in total. The number of halogens is 2. The Bertz CT molecular complexity index is 189. The molecule has 5 heteroatoms. The molecule has 1 atom stereocenters. The summed E-state index contributed by atoms with van der Waals surface area (Å²) < 4.78 is 0. The Morgan fingerprint density at radius 2 is 2.11 bits per heavy atom. The van der Waals surface area contributed by atoms with Gasteiger partial charge in [-0.15, -0.1) is 0 Å². The molecular weight excluding hydrogens is 165 g/mol. The second kappa shape index (κ2) is 2.17. The Kier molecular flexibility index (Phi) is 1.66. The molecule has 0 saturated heterocycles. The van der Waals surface area contributed by atoms with E-state index in [2.05, 4.69) is 5.32 Å². The van der Waals surface area contributed by atoms with Gasteiger partial charge in [-0.25, -0.2) is 0 Å². The molecule has 1 amide bonds.